The largest absolute Gasteiger partial charge is 0.310 e. The number of amides is 1. The number of hydrogen-bond acceptors (Lipinski definition) is 2. The highest BCUT2D eigenvalue weighted by Crippen LogP contribution is 2.79. The molecule has 1 aromatic heterocycles. The normalized spacial score (nSPS) is 27.9. The fraction of sp³-hybridized carbons (Fsp3) is 0.333. The summed E-state index contributed by atoms with van der Waals surface area (Å²) in [6.07, 6.45) is 1.69. The molecule has 2 aliphatic carbocycles. The number of aromatic nitrogens is 1. The summed E-state index contributed by atoms with van der Waals surface area (Å²) >= 11 is 9.35. The predicted molar refractivity (Wildman–Crippen MR) is 83.2 cm³/mol. The monoisotopic (exact) mass is 386 g/mol. The fourth-order valence-corrected chi connectivity index (χ4v) is 3.55. The summed E-state index contributed by atoms with van der Waals surface area (Å²) in [6, 6.07) is 5.29. The van der Waals surface area contributed by atoms with Crippen LogP contribution in [-0.2, 0) is 4.79 Å². The van der Waals surface area contributed by atoms with E-state index in [-0.39, 0.29) is 18.7 Å². The lowest BCUT2D eigenvalue weighted by Gasteiger charge is -2.06. The number of nitrogens with zero attached hydrogens (tertiary/aromatic N) is 1. The van der Waals surface area contributed by atoms with Gasteiger partial charge in [0.25, 0.3) is 5.92 Å². The number of carbonyl (C=O) groups is 1. The van der Waals surface area contributed by atoms with Gasteiger partial charge in [-0.05, 0) is 45.9 Å². The van der Waals surface area contributed by atoms with Gasteiger partial charge in [0.05, 0.1) is 16.4 Å². The molecule has 22 heavy (non-hydrogen) atoms. The molecule has 0 radical (unpaired) electrons. The van der Waals surface area contributed by atoms with Crippen LogP contribution in [0.4, 0.5) is 14.6 Å². The number of fused-ring (bicyclic) bond motifs is 1. The summed E-state index contributed by atoms with van der Waals surface area (Å²) in [5.74, 6) is -3.29. The number of hydrogen-bond donors (Lipinski definition) is 1. The summed E-state index contributed by atoms with van der Waals surface area (Å²) in [5.41, 5.74) is -1.06. The highest BCUT2D eigenvalue weighted by atomic mass is 79.9. The van der Waals surface area contributed by atoms with Crippen LogP contribution in [0.15, 0.2) is 28.9 Å². The number of benzene rings is 1. The van der Waals surface area contributed by atoms with Crippen molar-refractivity contribution >= 4 is 50.0 Å². The third-order valence-electron chi connectivity index (χ3n) is 4.54. The fourth-order valence-electron chi connectivity index (χ4n) is 3.02. The molecule has 1 spiro atoms. The molecular weight excluding hydrogens is 378 g/mol. The van der Waals surface area contributed by atoms with Crippen molar-refractivity contribution in [2.24, 2.45) is 11.3 Å². The van der Waals surface area contributed by atoms with E-state index >= 15 is 0 Å². The van der Waals surface area contributed by atoms with E-state index in [4.69, 9.17) is 11.6 Å². The number of rotatable bonds is 2. The highest BCUT2D eigenvalue weighted by molar-refractivity contribution is 9.10. The molecule has 3 nitrogen and oxygen atoms in total. The maximum atomic E-state index is 13.2. The summed E-state index contributed by atoms with van der Waals surface area (Å²) < 4.78 is 27.1. The standard InChI is InChI=1S/C15H10BrClF2N2O/c16-10-1-7-3-12(20-5-8(7)2-11(10)17)21-13(22)9-4-14(9)6-15(14,18)19/h1-3,5,9H,4,6H2,(H,20,21,22)/t9-,14+/m0/s1. The van der Waals surface area contributed by atoms with E-state index < -0.39 is 17.3 Å². The van der Waals surface area contributed by atoms with E-state index in [1.54, 1.807) is 18.3 Å². The van der Waals surface area contributed by atoms with Crippen LogP contribution in [0.25, 0.3) is 10.8 Å². The van der Waals surface area contributed by atoms with E-state index in [1.165, 1.54) is 0 Å². The van der Waals surface area contributed by atoms with Crippen LogP contribution >= 0.6 is 27.5 Å². The second-order valence-corrected chi connectivity index (χ2v) is 7.23. The smallest absolute Gasteiger partial charge is 0.255 e. The average molecular weight is 388 g/mol. The molecule has 1 heterocycles. The first kappa shape index (κ1) is 14.3. The van der Waals surface area contributed by atoms with E-state index in [0.717, 1.165) is 15.2 Å². The van der Waals surface area contributed by atoms with Gasteiger partial charge in [-0.1, -0.05) is 11.6 Å². The second kappa shape index (κ2) is 4.38. The van der Waals surface area contributed by atoms with E-state index in [1.807, 2.05) is 6.07 Å². The number of anilines is 1. The number of pyridine rings is 1. The average Bonchev–Trinajstić information content (AvgIpc) is 3.28. The number of carbonyl (C=O) groups excluding carboxylic acids is 1. The molecule has 2 atom stereocenters. The topological polar surface area (TPSA) is 42.0 Å². The summed E-state index contributed by atoms with van der Waals surface area (Å²) in [4.78, 5) is 16.2. The van der Waals surface area contributed by atoms with Gasteiger partial charge in [0, 0.05) is 22.5 Å². The number of halogens is 4. The summed E-state index contributed by atoms with van der Waals surface area (Å²) in [6.45, 7) is 0. The quantitative estimate of drug-likeness (QED) is 0.816. The van der Waals surface area contributed by atoms with Gasteiger partial charge in [0.2, 0.25) is 5.91 Å². The van der Waals surface area contributed by atoms with E-state index in [0.29, 0.717) is 10.8 Å². The van der Waals surface area contributed by atoms with Crippen molar-refractivity contribution in [2.45, 2.75) is 18.8 Å². The molecule has 114 valence electrons. The number of alkyl halides is 2. The lowest BCUT2D eigenvalue weighted by Crippen LogP contribution is -2.17. The second-order valence-electron chi connectivity index (χ2n) is 5.97. The molecule has 1 aromatic carbocycles. The minimum absolute atomic E-state index is 0.172. The third kappa shape index (κ3) is 2.04. The van der Waals surface area contributed by atoms with Gasteiger partial charge in [-0.15, -0.1) is 0 Å². The molecule has 0 bridgehead atoms. The van der Waals surface area contributed by atoms with Gasteiger partial charge >= 0.3 is 0 Å². The lowest BCUT2D eigenvalue weighted by molar-refractivity contribution is -0.118. The van der Waals surface area contributed by atoms with Crippen molar-refractivity contribution in [3.8, 4) is 0 Å². The zero-order chi connectivity index (χ0) is 15.7. The summed E-state index contributed by atoms with van der Waals surface area (Å²) in [7, 11) is 0. The molecule has 1 amide bonds. The van der Waals surface area contributed by atoms with Gasteiger partial charge in [-0.2, -0.15) is 0 Å². The van der Waals surface area contributed by atoms with Crippen molar-refractivity contribution in [3.63, 3.8) is 0 Å². The van der Waals surface area contributed by atoms with Crippen LogP contribution in [0.3, 0.4) is 0 Å². The van der Waals surface area contributed by atoms with Crippen LogP contribution in [-0.4, -0.2) is 16.8 Å². The van der Waals surface area contributed by atoms with Crippen LogP contribution in [0.2, 0.25) is 5.02 Å². The SMILES string of the molecule is O=C(Nc1cc2cc(Br)c(Cl)cc2cn1)[C@@H]1C[C@@]12CC2(F)F. The molecule has 0 aliphatic heterocycles. The first-order valence-electron chi connectivity index (χ1n) is 6.76. The lowest BCUT2D eigenvalue weighted by atomic mass is 10.2. The van der Waals surface area contributed by atoms with Crippen LogP contribution in [0.1, 0.15) is 12.8 Å². The number of nitrogens with one attached hydrogen (secondary N) is 1. The van der Waals surface area contributed by atoms with Crippen molar-refractivity contribution in [1.29, 1.82) is 0 Å². The van der Waals surface area contributed by atoms with E-state index in [2.05, 4.69) is 26.2 Å². The molecule has 4 rings (SSSR count). The molecule has 2 fully saturated rings. The van der Waals surface area contributed by atoms with Gasteiger partial charge < -0.3 is 5.32 Å². The van der Waals surface area contributed by atoms with Gasteiger partial charge in [0.15, 0.2) is 0 Å². The Labute approximate surface area is 138 Å². The zero-order valence-electron chi connectivity index (χ0n) is 11.2. The molecule has 1 N–H and O–H groups in total. The Hall–Kier alpha value is -1.27. The third-order valence-corrected chi connectivity index (χ3v) is 5.74. The summed E-state index contributed by atoms with van der Waals surface area (Å²) in [5, 5.41) is 4.89. The van der Waals surface area contributed by atoms with Crippen molar-refractivity contribution < 1.29 is 13.6 Å². The van der Waals surface area contributed by atoms with E-state index in [9.17, 15) is 13.6 Å². The molecule has 2 aromatic rings. The Morgan fingerprint density at radius 3 is 2.73 bits per heavy atom. The molecule has 0 unspecified atom stereocenters. The van der Waals surface area contributed by atoms with Crippen molar-refractivity contribution in [3.05, 3.63) is 33.9 Å². The highest BCUT2D eigenvalue weighted by Gasteiger charge is 2.85. The minimum atomic E-state index is -2.67. The molecule has 0 saturated heterocycles. The Kier molecular flexibility index (Phi) is 2.86. The Balaban J connectivity index is 1.55. The minimum Gasteiger partial charge on any atom is -0.310 e. The Morgan fingerprint density at radius 1 is 1.36 bits per heavy atom. The van der Waals surface area contributed by atoms with Crippen molar-refractivity contribution in [1.82, 2.24) is 4.98 Å². The molecule has 7 heteroatoms. The van der Waals surface area contributed by atoms with Crippen LogP contribution in [0.5, 0.6) is 0 Å². The Bertz CT molecular complexity index is 829. The predicted octanol–water partition coefficient (Wildman–Crippen LogP) is 4.63. The van der Waals surface area contributed by atoms with Gasteiger partial charge in [-0.25, -0.2) is 13.8 Å². The zero-order valence-corrected chi connectivity index (χ0v) is 13.5. The van der Waals surface area contributed by atoms with Crippen LogP contribution < -0.4 is 5.32 Å². The first-order valence-corrected chi connectivity index (χ1v) is 7.93. The van der Waals surface area contributed by atoms with Gasteiger partial charge in [-0.3, -0.25) is 4.79 Å². The molecular formula is C15H10BrClF2N2O. The van der Waals surface area contributed by atoms with Crippen molar-refractivity contribution in [2.75, 3.05) is 5.32 Å². The Morgan fingerprint density at radius 2 is 2.09 bits per heavy atom. The van der Waals surface area contributed by atoms with Gasteiger partial charge in [0.1, 0.15) is 5.82 Å². The van der Waals surface area contributed by atoms with Crippen LogP contribution in [0, 0.1) is 11.3 Å². The molecule has 2 saturated carbocycles. The maximum absolute atomic E-state index is 13.2. The molecule has 2 aliphatic rings. The first-order chi connectivity index (χ1) is 10.3. The maximum Gasteiger partial charge on any atom is 0.255 e.